The van der Waals surface area contributed by atoms with E-state index in [1.54, 1.807) is 0 Å². The van der Waals surface area contributed by atoms with Crippen molar-refractivity contribution in [1.82, 2.24) is 0 Å². The summed E-state index contributed by atoms with van der Waals surface area (Å²) in [7, 11) is 0. The van der Waals surface area contributed by atoms with Crippen LogP contribution in [0.1, 0.15) is 5.48 Å². The summed E-state index contributed by atoms with van der Waals surface area (Å²) < 4.78 is 45.4. The fourth-order valence-electron chi connectivity index (χ4n) is 9.23. The molecular formula is C58H37NO. The van der Waals surface area contributed by atoms with E-state index in [4.69, 9.17) is 4.42 Å². The number of benzene rings is 11. The molecule has 0 aliphatic rings. The van der Waals surface area contributed by atoms with E-state index >= 15 is 0 Å². The maximum atomic E-state index is 9.84. The monoisotopic (exact) mass is 767 g/mol. The highest BCUT2D eigenvalue weighted by molar-refractivity contribution is 6.22. The van der Waals surface area contributed by atoms with Crippen LogP contribution in [0.3, 0.4) is 0 Å². The first kappa shape index (κ1) is 30.2. The molecule has 11 aromatic carbocycles. The molecule has 0 saturated carbocycles. The second kappa shape index (κ2) is 13.9. The Bertz CT molecular complexity index is 3810. The summed E-state index contributed by atoms with van der Waals surface area (Å²) >= 11 is 0. The van der Waals surface area contributed by atoms with Gasteiger partial charge in [-0.25, -0.2) is 0 Å². The van der Waals surface area contributed by atoms with Gasteiger partial charge >= 0.3 is 0 Å². The lowest BCUT2D eigenvalue weighted by atomic mass is 9.85. The Morgan fingerprint density at radius 1 is 0.350 bits per heavy atom. The van der Waals surface area contributed by atoms with E-state index in [0.717, 1.165) is 71.0 Å². The molecule has 2 heteroatoms. The predicted molar refractivity (Wildman–Crippen MR) is 255 cm³/mol. The zero-order valence-corrected chi connectivity index (χ0v) is 32.4. The SMILES string of the molecule is [2H]c1c([2H])c(N(c2ccc(-c3c(-c4ccccc4)c4ccccc4c4ccccc34)cc2)c2cc3ccccc3c3ccccc23)c([2H])c([2H])c1-c1cccc2c1oc1ccccc12. The summed E-state index contributed by atoms with van der Waals surface area (Å²) in [5, 5.41) is 10.5. The number of rotatable bonds is 6. The van der Waals surface area contributed by atoms with Gasteiger partial charge in [0.1, 0.15) is 11.2 Å². The van der Waals surface area contributed by atoms with Crippen molar-refractivity contribution in [3.05, 3.63) is 224 Å². The van der Waals surface area contributed by atoms with Crippen LogP contribution in [0.25, 0.3) is 98.4 Å². The van der Waals surface area contributed by atoms with E-state index < -0.39 is 0 Å². The molecule has 1 heterocycles. The molecule has 0 aliphatic heterocycles. The molecule has 0 bridgehead atoms. The van der Waals surface area contributed by atoms with Gasteiger partial charge in [-0.2, -0.15) is 0 Å². The number of fused-ring (bicyclic) bond motifs is 9. The smallest absolute Gasteiger partial charge is 0.143 e. The van der Waals surface area contributed by atoms with Gasteiger partial charge in [-0.3, -0.25) is 0 Å². The van der Waals surface area contributed by atoms with Crippen LogP contribution in [0.4, 0.5) is 17.1 Å². The summed E-state index contributed by atoms with van der Waals surface area (Å²) in [5.41, 5.74) is 7.93. The molecule has 0 radical (unpaired) electrons. The topological polar surface area (TPSA) is 16.4 Å². The normalized spacial score (nSPS) is 12.6. The van der Waals surface area contributed by atoms with Crippen LogP contribution in [0, 0.1) is 0 Å². The molecule has 12 aromatic rings. The number of para-hydroxylation sites is 2. The van der Waals surface area contributed by atoms with Crippen LogP contribution in [-0.4, -0.2) is 0 Å². The lowest BCUT2D eigenvalue weighted by molar-refractivity contribution is 0.670. The van der Waals surface area contributed by atoms with Gasteiger partial charge in [0, 0.05) is 33.1 Å². The minimum absolute atomic E-state index is 0.147. The largest absolute Gasteiger partial charge is 0.455 e. The summed E-state index contributed by atoms with van der Waals surface area (Å²) in [6.45, 7) is 0. The molecule has 0 unspecified atom stereocenters. The molecule has 12 rings (SSSR count). The molecule has 0 atom stereocenters. The van der Waals surface area contributed by atoms with Crippen molar-refractivity contribution < 1.29 is 9.90 Å². The fourth-order valence-corrected chi connectivity index (χ4v) is 9.23. The lowest BCUT2D eigenvalue weighted by Crippen LogP contribution is -2.10. The van der Waals surface area contributed by atoms with E-state index in [9.17, 15) is 5.48 Å². The highest BCUT2D eigenvalue weighted by Crippen LogP contribution is 2.47. The minimum atomic E-state index is -0.155. The average Bonchev–Trinajstić information content (AvgIpc) is 3.74. The van der Waals surface area contributed by atoms with Gasteiger partial charge < -0.3 is 9.32 Å². The number of hydrogen-bond acceptors (Lipinski definition) is 2. The Kier molecular flexibility index (Phi) is 6.98. The Morgan fingerprint density at radius 2 is 0.867 bits per heavy atom. The minimum Gasteiger partial charge on any atom is -0.455 e. The molecular weight excluding hydrogens is 727 g/mol. The second-order valence-corrected chi connectivity index (χ2v) is 15.3. The summed E-state index contributed by atoms with van der Waals surface area (Å²) in [6.07, 6.45) is 0. The quantitative estimate of drug-likeness (QED) is 0.157. The van der Waals surface area contributed by atoms with Crippen molar-refractivity contribution in [3.8, 4) is 33.4 Å². The van der Waals surface area contributed by atoms with Crippen molar-refractivity contribution in [2.24, 2.45) is 0 Å². The molecule has 0 N–H and O–H groups in total. The Balaban J connectivity index is 1.12. The fraction of sp³-hybridized carbons (Fsp3) is 0. The third-order valence-electron chi connectivity index (χ3n) is 11.9. The van der Waals surface area contributed by atoms with Crippen LogP contribution < -0.4 is 4.90 Å². The van der Waals surface area contributed by atoms with E-state index in [0.29, 0.717) is 22.4 Å². The third kappa shape index (κ3) is 5.42. The summed E-state index contributed by atoms with van der Waals surface area (Å²) in [4.78, 5) is 1.92. The van der Waals surface area contributed by atoms with Crippen LogP contribution in [0.2, 0.25) is 0 Å². The van der Waals surface area contributed by atoms with Gasteiger partial charge in [-0.15, -0.1) is 0 Å². The molecule has 0 aliphatic carbocycles. The van der Waals surface area contributed by atoms with E-state index in [1.807, 2.05) is 89.8 Å². The first-order valence-electron chi connectivity index (χ1n) is 22.3. The van der Waals surface area contributed by atoms with Crippen molar-refractivity contribution in [3.63, 3.8) is 0 Å². The number of nitrogens with zero attached hydrogens (tertiary/aromatic N) is 1. The standard InChI is InChI=1S/C58H37NO/c1-2-15-39(16-3-1)56-51-24-10-7-20-47(51)48-21-8-11-25-52(48)57(56)40-31-35-43(36-32-40)59(54-37-41-17-4-5-18-44(41)46-19-6-9-22-49(46)54)42-33-29-38(30-34-42)45-26-14-27-53-50-23-12-13-28-55(50)60-58(45)53/h1-37H/i29D,30D,33D,34D. The molecule has 0 fully saturated rings. The van der Waals surface area contributed by atoms with Gasteiger partial charge in [0.2, 0.25) is 0 Å². The van der Waals surface area contributed by atoms with Gasteiger partial charge in [0.05, 0.1) is 11.2 Å². The van der Waals surface area contributed by atoms with Crippen LogP contribution >= 0.6 is 0 Å². The van der Waals surface area contributed by atoms with Gasteiger partial charge in [-0.05, 0) is 102 Å². The van der Waals surface area contributed by atoms with Crippen molar-refractivity contribution in [2.45, 2.75) is 0 Å². The molecule has 0 spiro atoms. The molecule has 280 valence electrons. The van der Waals surface area contributed by atoms with Crippen molar-refractivity contribution in [2.75, 3.05) is 4.90 Å². The highest BCUT2D eigenvalue weighted by Gasteiger charge is 2.21. The van der Waals surface area contributed by atoms with E-state index in [2.05, 4.69) is 115 Å². The Hall–Kier alpha value is -7.94. The maximum absolute atomic E-state index is 9.84. The molecule has 0 saturated heterocycles. The van der Waals surface area contributed by atoms with Gasteiger partial charge in [0.15, 0.2) is 0 Å². The lowest BCUT2D eigenvalue weighted by Gasteiger charge is -2.28. The summed E-state index contributed by atoms with van der Waals surface area (Å²) in [6, 6.07) is 67.5. The van der Waals surface area contributed by atoms with Crippen LogP contribution in [0.5, 0.6) is 0 Å². The maximum Gasteiger partial charge on any atom is 0.143 e. The van der Waals surface area contributed by atoms with Gasteiger partial charge in [0.25, 0.3) is 0 Å². The number of furan rings is 1. The first-order valence-corrected chi connectivity index (χ1v) is 20.3. The first-order chi connectivity index (χ1) is 31.5. The zero-order chi connectivity index (χ0) is 43.1. The number of anilines is 3. The Morgan fingerprint density at radius 3 is 1.55 bits per heavy atom. The molecule has 1 aromatic heterocycles. The molecule has 0 amide bonds. The van der Waals surface area contributed by atoms with Crippen LogP contribution in [-0.2, 0) is 0 Å². The van der Waals surface area contributed by atoms with E-state index in [1.165, 1.54) is 10.8 Å². The summed E-state index contributed by atoms with van der Waals surface area (Å²) in [5.74, 6) is 0. The molecule has 2 nitrogen and oxygen atoms in total. The predicted octanol–water partition coefficient (Wildman–Crippen LogP) is 16.7. The second-order valence-electron chi connectivity index (χ2n) is 15.3. The molecule has 60 heavy (non-hydrogen) atoms. The average molecular weight is 768 g/mol. The zero-order valence-electron chi connectivity index (χ0n) is 36.4. The van der Waals surface area contributed by atoms with Crippen LogP contribution in [0.15, 0.2) is 229 Å². The Labute approximate surface area is 353 Å². The van der Waals surface area contributed by atoms with Crippen molar-refractivity contribution >= 4 is 82.1 Å². The van der Waals surface area contributed by atoms with E-state index in [-0.39, 0.29) is 35.4 Å². The number of hydrogen-bond donors (Lipinski definition) is 0. The van der Waals surface area contributed by atoms with Crippen molar-refractivity contribution in [1.29, 1.82) is 0 Å². The van der Waals surface area contributed by atoms with Gasteiger partial charge in [-0.1, -0.05) is 188 Å². The highest BCUT2D eigenvalue weighted by atomic mass is 16.3. The third-order valence-corrected chi connectivity index (χ3v) is 11.9.